The Hall–Kier alpha value is -1.71. The maximum atomic E-state index is 10.6. The van der Waals surface area contributed by atoms with Crippen LogP contribution in [0.4, 0.5) is 0 Å². The SMILES string of the molecule is COc1cc(C=O)c(O)c(C)c1OC. The molecule has 0 bridgehead atoms. The van der Waals surface area contributed by atoms with Crippen molar-refractivity contribution in [2.45, 2.75) is 6.92 Å². The molecular formula is C10H12O4. The fourth-order valence-corrected chi connectivity index (χ4v) is 1.28. The van der Waals surface area contributed by atoms with Crippen LogP contribution in [0, 0.1) is 6.92 Å². The molecule has 76 valence electrons. The van der Waals surface area contributed by atoms with E-state index < -0.39 is 0 Å². The number of ether oxygens (including phenoxy) is 2. The molecule has 4 heteroatoms. The Kier molecular flexibility index (Phi) is 2.96. The third-order valence-electron chi connectivity index (χ3n) is 2.03. The normalized spacial score (nSPS) is 9.64. The molecule has 0 aliphatic heterocycles. The molecule has 0 spiro atoms. The number of phenolic OH excluding ortho intramolecular Hbond substituents is 1. The van der Waals surface area contributed by atoms with Gasteiger partial charge >= 0.3 is 0 Å². The third kappa shape index (κ3) is 1.51. The van der Waals surface area contributed by atoms with Gasteiger partial charge < -0.3 is 14.6 Å². The minimum Gasteiger partial charge on any atom is -0.507 e. The smallest absolute Gasteiger partial charge is 0.167 e. The highest BCUT2D eigenvalue weighted by atomic mass is 16.5. The summed E-state index contributed by atoms with van der Waals surface area (Å²) in [5, 5.41) is 9.56. The van der Waals surface area contributed by atoms with Gasteiger partial charge in [-0.25, -0.2) is 0 Å². The first kappa shape index (κ1) is 10.4. The molecule has 0 amide bonds. The van der Waals surface area contributed by atoms with E-state index in [1.54, 1.807) is 6.92 Å². The van der Waals surface area contributed by atoms with E-state index in [0.717, 1.165) is 0 Å². The maximum absolute atomic E-state index is 10.6. The van der Waals surface area contributed by atoms with Crippen LogP contribution in [0.15, 0.2) is 6.07 Å². The van der Waals surface area contributed by atoms with Crippen molar-refractivity contribution in [3.8, 4) is 17.2 Å². The minimum atomic E-state index is -0.0716. The van der Waals surface area contributed by atoms with Crippen LogP contribution in [0.25, 0.3) is 0 Å². The highest BCUT2D eigenvalue weighted by molar-refractivity contribution is 5.82. The quantitative estimate of drug-likeness (QED) is 0.745. The molecule has 14 heavy (non-hydrogen) atoms. The minimum absolute atomic E-state index is 0.0716. The third-order valence-corrected chi connectivity index (χ3v) is 2.03. The van der Waals surface area contributed by atoms with Gasteiger partial charge in [0.15, 0.2) is 17.8 Å². The van der Waals surface area contributed by atoms with Gasteiger partial charge in [0.25, 0.3) is 0 Å². The van der Waals surface area contributed by atoms with Gasteiger partial charge in [-0.05, 0) is 13.0 Å². The summed E-state index contributed by atoms with van der Waals surface area (Å²) in [7, 11) is 2.95. The molecule has 0 fully saturated rings. The van der Waals surface area contributed by atoms with Crippen LogP contribution in [0.3, 0.4) is 0 Å². The van der Waals surface area contributed by atoms with E-state index in [9.17, 15) is 9.90 Å². The summed E-state index contributed by atoms with van der Waals surface area (Å²) in [6, 6.07) is 1.44. The summed E-state index contributed by atoms with van der Waals surface area (Å²) >= 11 is 0. The molecule has 0 atom stereocenters. The first-order valence-corrected chi connectivity index (χ1v) is 4.05. The molecule has 0 saturated heterocycles. The average molecular weight is 196 g/mol. The first-order chi connectivity index (χ1) is 6.65. The zero-order valence-electron chi connectivity index (χ0n) is 8.33. The topological polar surface area (TPSA) is 55.8 Å². The molecule has 1 aromatic carbocycles. The number of carbonyl (C=O) groups is 1. The van der Waals surface area contributed by atoms with Gasteiger partial charge in [0.05, 0.1) is 19.8 Å². The lowest BCUT2D eigenvalue weighted by atomic mass is 10.1. The monoisotopic (exact) mass is 196 g/mol. The van der Waals surface area contributed by atoms with Gasteiger partial charge in [0, 0.05) is 5.56 Å². The van der Waals surface area contributed by atoms with Crippen LogP contribution in [-0.2, 0) is 0 Å². The summed E-state index contributed by atoms with van der Waals surface area (Å²) in [5.74, 6) is 0.804. The van der Waals surface area contributed by atoms with Gasteiger partial charge in [0.2, 0.25) is 0 Å². The van der Waals surface area contributed by atoms with E-state index >= 15 is 0 Å². The molecule has 0 unspecified atom stereocenters. The maximum Gasteiger partial charge on any atom is 0.167 e. The summed E-state index contributed by atoms with van der Waals surface area (Å²) in [6.07, 6.45) is 0.574. The van der Waals surface area contributed by atoms with Gasteiger partial charge in [-0.1, -0.05) is 0 Å². The zero-order chi connectivity index (χ0) is 10.7. The van der Waals surface area contributed by atoms with E-state index in [1.807, 2.05) is 0 Å². The molecule has 0 aliphatic carbocycles. The van der Waals surface area contributed by atoms with Crippen LogP contribution < -0.4 is 9.47 Å². The highest BCUT2D eigenvalue weighted by Crippen LogP contribution is 2.38. The summed E-state index contributed by atoms with van der Waals surface area (Å²) in [5.41, 5.74) is 0.689. The van der Waals surface area contributed by atoms with E-state index in [0.29, 0.717) is 23.3 Å². The number of aldehydes is 1. The van der Waals surface area contributed by atoms with Crippen molar-refractivity contribution in [3.63, 3.8) is 0 Å². The number of hydrogen-bond acceptors (Lipinski definition) is 4. The predicted octanol–water partition coefficient (Wildman–Crippen LogP) is 1.53. The molecule has 0 aliphatic rings. The first-order valence-electron chi connectivity index (χ1n) is 4.05. The molecule has 0 saturated carbocycles. The van der Waals surface area contributed by atoms with Crippen molar-refractivity contribution in [3.05, 3.63) is 17.2 Å². The second-order valence-corrected chi connectivity index (χ2v) is 2.79. The molecule has 0 radical (unpaired) electrons. The van der Waals surface area contributed by atoms with Crippen molar-refractivity contribution >= 4 is 6.29 Å². The number of carbonyl (C=O) groups excluding carboxylic acids is 1. The summed E-state index contributed by atoms with van der Waals surface area (Å²) in [4.78, 5) is 10.6. The van der Waals surface area contributed by atoms with Gasteiger partial charge in [0.1, 0.15) is 5.75 Å². The van der Waals surface area contributed by atoms with Gasteiger partial charge in [-0.15, -0.1) is 0 Å². The second kappa shape index (κ2) is 4.00. The predicted molar refractivity (Wildman–Crippen MR) is 51.3 cm³/mol. The molecule has 0 aromatic heterocycles. The number of rotatable bonds is 3. The molecule has 1 aromatic rings. The number of hydrogen-bond donors (Lipinski definition) is 1. The van der Waals surface area contributed by atoms with E-state index in [1.165, 1.54) is 20.3 Å². The average Bonchev–Trinajstić information content (AvgIpc) is 2.21. The standard InChI is InChI=1S/C10H12O4/c1-6-9(12)7(5-11)4-8(13-2)10(6)14-3/h4-5,12H,1-3H3. The van der Waals surface area contributed by atoms with Crippen LogP contribution in [-0.4, -0.2) is 25.6 Å². The fraction of sp³-hybridized carbons (Fsp3) is 0.300. The fourth-order valence-electron chi connectivity index (χ4n) is 1.28. The molecule has 1 N–H and O–H groups in total. The number of phenols is 1. The Morgan fingerprint density at radius 1 is 1.36 bits per heavy atom. The van der Waals surface area contributed by atoms with E-state index in [4.69, 9.17) is 9.47 Å². The van der Waals surface area contributed by atoms with Crippen LogP contribution in [0.2, 0.25) is 0 Å². The van der Waals surface area contributed by atoms with Gasteiger partial charge in [-0.2, -0.15) is 0 Å². The largest absolute Gasteiger partial charge is 0.507 e. The van der Waals surface area contributed by atoms with Crippen molar-refractivity contribution in [1.29, 1.82) is 0 Å². The van der Waals surface area contributed by atoms with Crippen LogP contribution in [0.1, 0.15) is 15.9 Å². The van der Waals surface area contributed by atoms with Crippen molar-refractivity contribution in [2.75, 3.05) is 14.2 Å². The highest BCUT2D eigenvalue weighted by Gasteiger charge is 2.15. The lowest BCUT2D eigenvalue weighted by molar-refractivity contribution is 0.112. The lowest BCUT2D eigenvalue weighted by Gasteiger charge is -2.12. The van der Waals surface area contributed by atoms with Crippen LogP contribution in [0.5, 0.6) is 17.2 Å². The Bertz CT molecular complexity index is 358. The van der Waals surface area contributed by atoms with Crippen molar-refractivity contribution < 1.29 is 19.4 Å². The van der Waals surface area contributed by atoms with E-state index in [-0.39, 0.29) is 11.3 Å². The molecule has 1 rings (SSSR count). The Morgan fingerprint density at radius 3 is 2.43 bits per heavy atom. The van der Waals surface area contributed by atoms with Crippen LogP contribution >= 0.6 is 0 Å². The Labute approximate surface area is 82.1 Å². The summed E-state index contributed by atoms with van der Waals surface area (Å²) in [6.45, 7) is 1.66. The molecule has 0 heterocycles. The van der Waals surface area contributed by atoms with Crippen molar-refractivity contribution in [2.24, 2.45) is 0 Å². The zero-order valence-corrected chi connectivity index (χ0v) is 8.33. The Morgan fingerprint density at radius 2 is 2.00 bits per heavy atom. The Balaban J connectivity index is 3.45. The lowest BCUT2D eigenvalue weighted by Crippen LogP contribution is -1.96. The molecular weight excluding hydrogens is 184 g/mol. The number of aromatic hydroxyl groups is 1. The van der Waals surface area contributed by atoms with Crippen molar-refractivity contribution in [1.82, 2.24) is 0 Å². The van der Waals surface area contributed by atoms with Gasteiger partial charge in [-0.3, -0.25) is 4.79 Å². The van der Waals surface area contributed by atoms with E-state index in [2.05, 4.69) is 0 Å². The number of benzene rings is 1. The number of methoxy groups -OCH3 is 2. The second-order valence-electron chi connectivity index (χ2n) is 2.79. The molecule has 4 nitrogen and oxygen atoms in total. The summed E-state index contributed by atoms with van der Waals surface area (Å²) < 4.78 is 10.1.